The number of aromatic nitrogens is 1. The smallest absolute Gasteiger partial charge is 0.410 e. The number of hydrogen-bond donors (Lipinski definition) is 0. The number of carbonyl (C=O) groups excluding carboxylic acids is 2. The lowest BCUT2D eigenvalue weighted by atomic mass is 9.94. The molecule has 2 aliphatic heterocycles. The number of piperidine rings is 1. The lowest BCUT2D eigenvalue weighted by molar-refractivity contribution is -0.148. The quantitative estimate of drug-likeness (QED) is 0.271. The first-order valence-corrected chi connectivity index (χ1v) is 16.3. The van der Waals surface area contributed by atoms with Gasteiger partial charge in [-0.3, -0.25) is 4.79 Å². The van der Waals surface area contributed by atoms with Gasteiger partial charge in [0.05, 0.1) is 30.9 Å². The summed E-state index contributed by atoms with van der Waals surface area (Å²) in [7, 11) is 3.06. The van der Waals surface area contributed by atoms with Gasteiger partial charge in [0.15, 0.2) is 11.6 Å². The molecule has 1 saturated carbocycles. The maximum absolute atomic E-state index is 15.4. The molecule has 1 aliphatic carbocycles. The van der Waals surface area contributed by atoms with Gasteiger partial charge in [-0.05, 0) is 99.4 Å². The third-order valence-corrected chi connectivity index (χ3v) is 9.82. The number of para-hydroxylation sites is 1. The summed E-state index contributed by atoms with van der Waals surface area (Å²) in [4.78, 5) is 34.4. The molecule has 10 heteroatoms. The van der Waals surface area contributed by atoms with Crippen LogP contribution < -0.4 is 9.64 Å². The van der Waals surface area contributed by atoms with E-state index in [0.717, 1.165) is 24.0 Å². The number of rotatable bonds is 8. The molecule has 1 aromatic heterocycles. The van der Waals surface area contributed by atoms with E-state index in [0.29, 0.717) is 49.7 Å². The highest BCUT2D eigenvalue weighted by atomic mass is 19.1. The fraction of sp³-hybridized carbons (Fsp3) is 0.486. The van der Waals surface area contributed by atoms with Crippen molar-refractivity contribution in [1.29, 1.82) is 0 Å². The molecule has 3 aliphatic rings. The summed E-state index contributed by atoms with van der Waals surface area (Å²) in [5.74, 6) is 0.318. The van der Waals surface area contributed by atoms with Crippen molar-refractivity contribution in [2.75, 3.05) is 45.4 Å². The van der Waals surface area contributed by atoms with Crippen LogP contribution in [0.3, 0.4) is 0 Å². The summed E-state index contributed by atoms with van der Waals surface area (Å²) in [6.45, 7) is 10.0. The SMILES string of the molecule is COC[C@H]1N(c2cccc(-c3cccc(F)c3OCc3ccc4c(c3C)CCN(C(=O)OC(C)(C)C)CC4)n2)C[C@@H]2C[C@@]21C(=O)OC. The first-order valence-electron chi connectivity index (χ1n) is 16.3. The molecule has 0 N–H and O–H groups in total. The van der Waals surface area contributed by atoms with Crippen LogP contribution in [0.25, 0.3) is 11.3 Å². The minimum absolute atomic E-state index is 0.131. The minimum atomic E-state index is -0.588. The van der Waals surface area contributed by atoms with Gasteiger partial charge in [-0.15, -0.1) is 0 Å². The van der Waals surface area contributed by atoms with E-state index in [2.05, 4.69) is 17.9 Å². The summed E-state index contributed by atoms with van der Waals surface area (Å²) in [5.41, 5.74) is 4.41. The zero-order chi connectivity index (χ0) is 33.5. The van der Waals surface area contributed by atoms with Crippen LogP contribution in [-0.2, 0) is 38.5 Å². The van der Waals surface area contributed by atoms with Crippen molar-refractivity contribution in [3.8, 4) is 17.0 Å². The van der Waals surface area contributed by atoms with Crippen molar-refractivity contribution in [3.63, 3.8) is 0 Å². The number of benzene rings is 2. The van der Waals surface area contributed by atoms with Crippen LogP contribution in [0.1, 0.15) is 49.4 Å². The number of esters is 1. The molecule has 1 saturated heterocycles. The van der Waals surface area contributed by atoms with Gasteiger partial charge < -0.3 is 28.7 Å². The second kappa shape index (κ2) is 12.8. The fourth-order valence-corrected chi connectivity index (χ4v) is 7.32. The number of anilines is 1. The Morgan fingerprint density at radius 1 is 1.04 bits per heavy atom. The topological polar surface area (TPSA) is 90.4 Å². The number of nitrogens with zero attached hydrogens (tertiary/aromatic N) is 3. The Hall–Kier alpha value is -4.18. The molecule has 2 aromatic carbocycles. The Kier molecular flexibility index (Phi) is 8.91. The van der Waals surface area contributed by atoms with Crippen LogP contribution in [0.5, 0.6) is 5.75 Å². The van der Waals surface area contributed by atoms with Gasteiger partial charge in [0.25, 0.3) is 0 Å². The van der Waals surface area contributed by atoms with Crippen LogP contribution in [0, 0.1) is 24.1 Å². The Balaban J connectivity index is 1.21. The molecule has 250 valence electrons. The highest BCUT2D eigenvalue weighted by Gasteiger charge is 2.71. The average Bonchev–Trinajstić information content (AvgIpc) is 3.74. The highest BCUT2D eigenvalue weighted by Crippen LogP contribution is 2.62. The maximum Gasteiger partial charge on any atom is 0.410 e. The van der Waals surface area contributed by atoms with Crippen molar-refractivity contribution in [3.05, 3.63) is 76.6 Å². The van der Waals surface area contributed by atoms with E-state index >= 15 is 4.39 Å². The molecule has 47 heavy (non-hydrogen) atoms. The van der Waals surface area contributed by atoms with Crippen molar-refractivity contribution in [1.82, 2.24) is 9.88 Å². The van der Waals surface area contributed by atoms with Gasteiger partial charge in [0, 0.05) is 32.3 Å². The first kappa shape index (κ1) is 32.7. The molecule has 0 bridgehead atoms. The lowest BCUT2D eigenvalue weighted by Crippen LogP contribution is -2.44. The Labute approximate surface area is 276 Å². The molecule has 3 heterocycles. The van der Waals surface area contributed by atoms with E-state index in [9.17, 15) is 9.59 Å². The molecular formula is C37H44FN3O6. The number of ether oxygens (including phenoxy) is 4. The second-order valence-electron chi connectivity index (χ2n) is 13.8. The van der Waals surface area contributed by atoms with Gasteiger partial charge in [0.1, 0.15) is 18.0 Å². The van der Waals surface area contributed by atoms with Crippen LogP contribution in [0.4, 0.5) is 15.0 Å². The molecule has 3 aromatic rings. The van der Waals surface area contributed by atoms with Crippen LogP contribution in [0.15, 0.2) is 48.5 Å². The van der Waals surface area contributed by atoms with Crippen molar-refractivity contribution >= 4 is 17.9 Å². The predicted octanol–water partition coefficient (Wildman–Crippen LogP) is 6.13. The van der Waals surface area contributed by atoms with E-state index in [1.165, 1.54) is 24.3 Å². The molecule has 0 unspecified atom stereocenters. The monoisotopic (exact) mass is 645 g/mol. The number of amides is 1. The number of pyridine rings is 1. The number of halogens is 1. The molecule has 1 amide bonds. The number of fused-ring (bicyclic) bond motifs is 2. The maximum atomic E-state index is 15.4. The molecule has 2 fully saturated rings. The Bertz CT molecular complexity index is 1670. The van der Waals surface area contributed by atoms with Crippen LogP contribution >= 0.6 is 0 Å². The highest BCUT2D eigenvalue weighted by molar-refractivity contribution is 5.84. The van der Waals surface area contributed by atoms with E-state index < -0.39 is 16.8 Å². The summed E-state index contributed by atoms with van der Waals surface area (Å²) >= 11 is 0. The third-order valence-electron chi connectivity index (χ3n) is 9.82. The summed E-state index contributed by atoms with van der Waals surface area (Å²) in [6.07, 6.45) is 1.92. The van der Waals surface area contributed by atoms with Crippen molar-refractivity contribution in [2.24, 2.45) is 11.3 Å². The van der Waals surface area contributed by atoms with Crippen molar-refractivity contribution in [2.45, 2.75) is 65.2 Å². The number of carbonyl (C=O) groups is 2. The Morgan fingerprint density at radius 2 is 1.81 bits per heavy atom. The Morgan fingerprint density at radius 3 is 2.55 bits per heavy atom. The predicted molar refractivity (Wildman–Crippen MR) is 176 cm³/mol. The van der Waals surface area contributed by atoms with E-state index in [1.54, 1.807) is 18.1 Å². The lowest BCUT2D eigenvalue weighted by Gasteiger charge is -2.31. The molecule has 0 radical (unpaired) electrons. The molecule has 6 rings (SSSR count). The standard InChI is InChI=1S/C37H44FN3O6/c1-23-25(14-13-24-15-17-40(18-16-27(23)24)35(43)47-36(2,3)4)21-46-33-28(9-7-10-29(33)38)30-11-8-12-32(39-30)41-20-26-19-37(26,34(42)45-6)31(41)22-44-5/h7-14,26,31H,15-22H2,1-6H3/t26-,31+,37+/m0/s1. The van der Waals surface area contributed by atoms with Gasteiger partial charge in [-0.2, -0.15) is 0 Å². The fourth-order valence-electron chi connectivity index (χ4n) is 7.32. The molecule has 3 atom stereocenters. The number of hydrogen-bond acceptors (Lipinski definition) is 8. The van der Waals surface area contributed by atoms with E-state index in [1.807, 2.05) is 51.1 Å². The first-order chi connectivity index (χ1) is 22.5. The summed E-state index contributed by atoms with van der Waals surface area (Å²) in [6, 6.07) is 14.4. The normalized spacial score (nSPS) is 21.9. The third kappa shape index (κ3) is 6.27. The van der Waals surface area contributed by atoms with Gasteiger partial charge in [-0.25, -0.2) is 14.2 Å². The van der Waals surface area contributed by atoms with Gasteiger partial charge in [0.2, 0.25) is 0 Å². The number of methoxy groups -OCH3 is 2. The second-order valence-corrected chi connectivity index (χ2v) is 13.8. The van der Waals surface area contributed by atoms with Crippen LogP contribution in [0.2, 0.25) is 0 Å². The van der Waals surface area contributed by atoms with Gasteiger partial charge >= 0.3 is 12.1 Å². The summed E-state index contributed by atoms with van der Waals surface area (Å²) < 4.78 is 38.0. The molecule has 9 nitrogen and oxygen atoms in total. The van der Waals surface area contributed by atoms with Gasteiger partial charge in [-0.1, -0.05) is 24.3 Å². The molecular weight excluding hydrogens is 601 g/mol. The zero-order valence-electron chi connectivity index (χ0n) is 28.1. The average molecular weight is 646 g/mol. The van der Waals surface area contributed by atoms with E-state index in [4.69, 9.17) is 23.9 Å². The largest absolute Gasteiger partial charge is 0.485 e. The molecule has 0 spiro atoms. The summed E-state index contributed by atoms with van der Waals surface area (Å²) in [5, 5.41) is 0. The van der Waals surface area contributed by atoms with Crippen LogP contribution in [-0.4, -0.2) is 74.1 Å². The minimum Gasteiger partial charge on any atom is -0.485 e. The van der Waals surface area contributed by atoms with Crippen molar-refractivity contribution < 1.29 is 32.9 Å². The zero-order valence-corrected chi connectivity index (χ0v) is 28.1. The van der Waals surface area contributed by atoms with E-state index in [-0.39, 0.29) is 36.4 Å².